The van der Waals surface area contributed by atoms with Crippen LogP contribution in [-0.4, -0.2) is 0 Å². The average molecular weight is 172 g/mol. The molecule has 1 aromatic rings. The molecule has 0 atom stereocenters. The van der Waals surface area contributed by atoms with Crippen molar-refractivity contribution in [1.29, 1.82) is 0 Å². The van der Waals surface area contributed by atoms with Crippen molar-refractivity contribution in [1.82, 2.24) is 0 Å². The van der Waals surface area contributed by atoms with Gasteiger partial charge in [0.1, 0.15) is 0 Å². The lowest BCUT2D eigenvalue weighted by atomic mass is 10.3. The first kappa shape index (κ1) is 10.3. The van der Waals surface area contributed by atoms with E-state index >= 15 is 0 Å². The van der Waals surface area contributed by atoms with E-state index in [-0.39, 0.29) is 0 Å². The molecule has 0 heterocycles. The molecule has 0 aliphatic heterocycles. The topological polar surface area (TPSA) is 26.0 Å². The number of anilines is 1. The van der Waals surface area contributed by atoms with Crippen molar-refractivity contribution in [3.63, 3.8) is 0 Å². The molecule has 2 heteroatoms. The number of halogens is 1. The Balaban J connectivity index is 0.000000292. The molecule has 0 aliphatic carbocycles. The molecule has 1 nitrogen and oxygen atoms in total. The van der Waals surface area contributed by atoms with Crippen molar-refractivity contribution in [3.05, 3.63) is 29.3 Å². The van der Waals surface area contributed by atoms with Crippen LogP contribution >= 0.6 is 11.6 Å². The van der Waals surface area contributed by atoms with Crippen molar-refractivity contribution in [2.75, 3.05) is 5.73 Å². The molecule has 11 heavy (non-hydrogen) atoms. The summed E-state index contributed by atoms with van der Waals surface area (Å²) < 4.78 is 0. The molecule has 0 unspecified atom stereocenters. The van der Waals surface area contributed by atoms with Crippen LogP contribution in [0.15, 0.2) is 24.3 Å². The first-order valence-corrected chi connectivity index (χ1v) is 4.09. The van der Waals surface area contributed by atoms with Gasteiger partial charge < -0.3 is 5.73 Å². The van der Waals surface area contributed by atoms with Gasteiger partial charge in [-0.15, -0.1) is 0 Å². The molecule has 1 rings (SSSR count). The fourth-order valence-corrected chi connectivity index (χ4v) is 0.705. The van der Waals surface area contributed by atoms with E-state index in [9.17, 15) is 0 Å². The van der Waals surface area contributed by atoms with Gasteiger partial charge in [-0.25, -0.2) is 0 Å². The van der Waals surface area contributed by atoms with Gasteiger partial charge in [-0.05, 0) is 18.2 Å². The van der Waals surface area contributed by atoms with Crippen LogP contribution in [0, 0.1) is 0 Å². The number of nitrogen functional groups attached to an aromatic ring is 1. The van der Waals surface area contributed by atoms with Crippen molar-refractivity contribution in [2.24, 2.45) is 0 Å². The first-order valence-electron chi connectivity index (χ1n) is 3.71. The predicted octanol–water partition coefficient (Wildman–Crippen LogP) is 3.34. The predicted molar refractivity (Wildman–Crippen MR) is 51.8 cm³/mol. The summed E-state index contributed by atoms with van der Waals surface area (Å²) in [6.07, 6.45) is 1.25. The Labute approximate surface area is 73.2 Å². The third-order valence-corrected chi connectivity index (χ3v) is 1.08. The second kappa shape index (κ2) is 6.05. The summed E-state index contributed by atoms with van der Waals surface area (Å²) in [5.41, 5.74) is 6.08. The molecule has 1 aromatic carbocycles. The highest BCUT2D eigenvalue weighted by Crippen LogP contribution is 2.10. The van der Waals surface area contributed by atoms with Crippen LogP contribution in [0.4, 0.5) is 5.69 Å². The minimum Gasteiger partial charge on any atom is -0.399 e. The molecule has 0 bridgehead atoms. The van der Waals surface area contributed by atoms with Crippen molar-refractivity contribution >= 4 is 17.3 Å². The van der Waals surface area contributed by atoms with Gasteiger partial charge in [-0.3, -0.25) is 0 Å². The number of hydrogen-bond donors (Lipinski definition) is 1. The Morgan fingerprint density at radius 3 is 2.18 bits per heavy atom. The number of nitrogens with two attached hydrogens (primary N) is 1. The zero-order valence-electron chi connectivity index (χ0n) is 6.97. The van der Waals surface area contributed by atoms with Gasteiger partial charge >= 0.3 is 0 Å². The lowest BCUT2D eigenvalue weighted by Gasteiger charge is -1.89. The van der Waals surface area contributed by atoms with E-state index in [1.165, 1.54) is 6.42 Å². The Morgan fingerprint density at radius 2 is 1.91 bits per heavy atom. The van der Waals surface area contributed by atoms with Gasteiger partial charge in [0.25, 0.3) is 0 Å². The molecule has 0 fully saturated rings. The monoisotopic (exact) mass is 171 g/mol. The highest BCUT2D eigenvalue weighted by molar-refractivity contribution is 6.30. The molecule has 0 aromatic heterocycles. The smallest absolute Gasteiger partial charge is 0.0426 e. The molecular weight excluding hydrogens is 158 g/mol. The third kappa shape index (κ3) is 5.74. The maximum Gasteiger partial charge on any atom is 0.0426 e. The SMILES string of the molecule is CCC.Nc1cccc(Cl)c1. The largest absolute Gasteiger partial charge is 0.399 e. The fraction of sp³-hybridized carbons (Fsp3) is 0.333. The summed E-state index contributed by atoms with van der Waals surface area (Å²) in [4.78, 5) is 0. The van der Waals surface area contributed by atoms with Crippen molar-refractivity contribution < 1.29 is 0 Å². The number of hydrogen-bond acceptors (Lipinski definition) is 1. The van der Waals surface area contributed by atoms with Crippen LogP contribution in [0.25, 0.3) is 0 Å². The second-order valence-corrected chi connectivity index (χ2v) is 2.70. The van der Waals surface area contributed by atoms with Gasteiger partial charge in [0, 0.05) is 10.7 Å². The summed E-state index contributed by atoms with van der Waals surface area (Å²) in [5, 5.41) is 0.685. The average Bonchev–Trinajstić information content (AvgIpc) is 1.88. The Morgan fingerprint density at radius 1 is 1.36 bits per heavy atom. The van der Waals surface area contributed by atoms with Crippen LogP contribution < -0.4 is 5.73 Å². The molecule has 0 saturated heterocycles. The second-order valence-electron chi connectivity index (χ2n) is 2.26. The zero-order chi connectivity index (χ0) is 8.69. The van der Waals surface area contributed by atoms with Crippen LogP contribution in [0.3, 0.4) is 0 Å². The number of benzene rings is 1. The molecule has 2 N–H and O–H groups in total. The van der Waals surface area contributed by atoms with Crippen LogP contribution in [0.1, 0.15) is 20.3 Å². The van der Waals surface area contributed by atoms with Crippen molar-refractivity contribution in [2.45, 2.75) is 20.3 Å². The highest BCUT2D eigenvalue weighted by atomic mass is 35.5. The van der Waals surface area contributed by atoms with Crippen LogP contribution in [0.2, 0.25) is 5.02 Å². The maximum atomic E-state index is 5.56. The standard InChI is InChI=1S/C6H6ClN.C3H8/c7-5-2-1-3-6(8)4-5;1-3-2/h1-4H,8H2;3H2,1-2H3. The van der Waals surface area contributed by atoms with Gasteiger partial charge in [0.15, 0.2) is 0 Å². The van der Waals surface area contributed by atoms with E-state index in [1.807, 2.05) is 6.07 Å². The Kier molecular flexibility index (Phi) is 5.67. The summed E-state index contributed by atoms with van der Waals surface area (Å²) in [7, 11) is 0. The van der Waals surface area contributed by atoms with E-state index in [0.29, 0.717) is 10.7 Å². The van der Waals surface area contributed by atoms with Crippen LogP contribution in [-0.2, 0) is 0 Å². The highest BCUT2D eigenvalue weighted by Gasteiger charge is 1.83. The molecule has 0 radical (unpaired) electrons. The normalized spacial score (nSPS) is 8.27. The minimum absolute atomic E-state index is 0.685. The van der Waals surface area contributed by atoms with Gasteiger partial charge in [0.2, 0.25) is 0 Å². The van der Waals surface area contributed by atoms with Gasteiger partial charge in [0.05, 0.1) is 0 Å². The zero-order valence-corrected chi connectivity index (χ0v) is 7.73. The lowest BCUT2D eigenvalue weighted by molar-refractivity contribution is 1.09. The summed E-state index contributed by atoms with van der Waals surface area (Å²) in [6, 6.07) is 7.11. The molecule has 0 saturated carbocycles. The molecular formula is C9H14ClN. The molecule has 0 aliphatic rings. The maximum absolute atomic E-state index is 5.56. The Bertz CT molecular complexity index is 181. The number of rotatable bonds is 0. The van der Waals surface area contributed by atoms with Crippen LogP contribution in [0.5, 0.6) is 0 Å². The summed E-state index contributed by atoms with van der Waals surface area (Å²) in [5.74, 6) is 0. The van der Waals surface area contributed by atoms with E-state index in [2.05, 4.69) is 13.8 Å². The van der Waals surface area contributed by atoms with E-state index < -0.39 is 0 Å². The molecule has 62 valence electrons. The molecule has 0 amide bonds. The fourth-order valence-electron chi connectivity index (χ4n) is 0.507. The third-order valence-electron chi connectivity index (χ3n) is 0.849. The summed E-state index contributed by atoms with van der Waals surface area (Å²) >= 11 is 5.56. The lowest BCUT2D eigenvalue weighted by Crippen LogP contribution is -1.80. The molecule has 0 spiro atoms. The van der Waals surface area contributed by atoms with E-state index in [1.54, 1.807) is 18.2 Å². The van der Waals surface area contributed by atoms with Gasteiger partial charge in [-0.1, -0.05) is 37.9 Å². The minimum atomic E-state index is 0.685. The first-order chi connectivity index (χ1) is 5.20. The quantitative estimate of drug-likeness (QED) is 0.596. The van der Waals surface area contributed by atoms with E-state index in [4.69, 9.17) is 17.3 Å². The van der Waals surface area contributed by atoms with Gasteiger partial charge in [-0.2, -0.15) is 0 Å². The Hall–Kier alpha value is -0.690. The van der Waals surface area contributed by atoms with E-state index in [0.717, 1.165) is 0 Å². The van der Waals surface area contributed by atoms with Crippen molar-refractivity contribution in [3.8, 4) is 0 Å². The summed E-state index contributed by atoms with van der Waals surface area (Å²) in [6.45, 7) is 4.25.